The van der Waals surface area contributed by atoms with Crippen molar-refractivity contribution in [1.82, 2.24) is 20.2 Å². The minimum Gasteiger partial charge on any atom is -0.357 e. The number of hydrogen-bond donors (Lipinski definition) is 2. The van der Waals surface area contributed by atoms with Crippen LogP contribution in [0, 0.1) is 0 Å². The summed E-state index contributed by atoms with van der Waals surface area (Å²) < 4.78 is 0. The number of rotatable bonds is 2. The van der Waals surface area contributed by atoms with Crippen LogP contribution in [0.2, 0.25) is 5.02 Å². The summed E-state index contributed by atoms with van der Waals surface area (Å²) in [6, 6.07) is 7.84. The molecule has 5 nitrogen and oxygen atoms in total. The number of aromatic amines is 1. The standard InChI is InChI=1S/C12H10ClN5/c1-14-12-15-6-8(13)11(16-12)10-7-4-2-3-5-9(7)17-18-10/h2-6H,1H3,(H,17,18)(H,14,15,16). The molecule has 0 bridgehead atoms. The Labute approximate surface area is 108 Å². The monoisotopic (exact) mass is 259 g/mol. The van der Waals surface area contributed by atoms with Crippen molar-refractivity contribution >= 4 is 28.5 Å². The number of nitrogens with zero attached hydrogens (tertiary/aromatic N) is 3. The van der Waals surface area contributed by atoms with E-state index in [1.165, 1.54) is 0 Å². The van der Waals surface area contributed by atoms with E-state index in [2.05, 4.69) is 25.5 Å². The van der Waals surface area contributed by atoms with Crippen LogP contribution in [0.25, 0.3) is 22.3 Å². The molecule has 3 rings (SSSR count). The van der Waals surface area contributed by atoms with E-state index in [1.54, 1.807) is 13.2 Å². The molecule has 0 spiro atoms. The molecule has 0 radical (unpaired) electrons. The Morgan fingerprint density at radius 1 is 1.22 bits per heavy atom. The average molecular weight is 260 g/mol. The molecular formula is C12H10ClN5. The van der Waals surface area contributed by atoms with Crippen LogP contribution in [0.4, 0.5) is 5.95 Å². The van der Waals surface area contributed by atoms with Crippen LogP contribution in [0.1, 0.15) is 0 Å². The topological polar surface area (TPSA) is 66.5 Å². The van der Waals surface area contributed by atoms with Crippen LogP contribution in [0.15, 0.2) is 30.5 Å². The molecule has 6 heteroatoms. The lowest BCUT2D eigenvalue weighted by molar-refractivity contribution is 1.09. The maximum absolute atomic E-state index is 6.14. The van der Waals surface area contributed by atoms with Crippen molar-refractivity contribution in [3.05, 3.63) is 35.5 Å². The van der Waals surface area contributed by atoms with E-state index in [9.17, 15) is 0 Å². The van der Waals surface area contributed by atoms with Gasteiger partial charge in [0.15, 0.2) is 0 Å². The van der Waals surface area contributed by atoms with E-state index in [0.29, 0.717) is 16.7 Å². The van der Waals surface area contributed by atoms with Crippen molar-refractivity contribution in [3.8, 4) is 11.4 Å². The number of hydrogen-bond acceptors (Lipinski definition) is 4. The van der Waals surface area contributed by atoms with Crippen molar-refractivity contribution in [1.29, 1.82) is 0 Å². The molecule has 0 saturated heterocycles. The molecule has 1 aromatic carbocycles. The fourth-order valence-electron chi connectivity index (χ4n) is 1.80. The maximum atomic E-state index is 6.14. The Bertz CT molecular complexity index is 707. The van der Waals surface area contributed by atoms with Gasteiger partial charge in [-0.2, -0.15) is 5.10 Å². The van der Waals surface area contributed by atoms with Gasteiger partial charge < -0.3 is 5.32 Å². The average Bonchev–Trinajstić information content (AvgIpc) is 2.83. The number of anilines is 1. The first-order valence-electron chi connectivity index (χ1n) is 5.43. The minimum absolute atomic E-state index is 0.478. The molecule has 2 heterocycles. The SMILES string of the molecule is CNc1ncc(Cl)c(-c2n[nH]c3ccccc23)n1. The van der Waals surface area contributed by atoms with Gasteiger partial charge >= 0.3 is 0 Å². The Morgan fingerprint density at radius 2 is 2.06 bits per heavy atom. The van der Waals surface area contributed by atoms with Crippen LogP contribution >= 0.6 is 11.6 Å². The van der Waals surface area contributed by atoms with Crippen LogP contribution in [0.5, 0.6) is 0 Å². The number of aromatic nitrogens is 4. The zero-order chi connectivity index (χ0) is 12.5. The predicted octanol–water partition coefficient (Wildman–Crippen LogP) is 2.71. The first-order valence-corrected chi connectivity index (χ1v) is 5.81. The first-order chi connectivity index (χ1) is 8.79. The zero-order valence-electron chi connectivity index (χ0n) is 9.61. The minimum atomic E-state index is 0.478. The highest BCUT2D eigenvalue weighted by Crippen LogP contribution is 2.30. The number of H-pyrrole nitrogens is 1. The third-order valence-corrected chi connectivity index (χ3v) is 2.94. The van der Waals surface area contributed by atoms with E-state index in [1.807, 2.05) is 24.3 Å². The first kappa shape index (κ1) is 11.0. The summed E-state index contributed by atoms with van der Waals surface area (Å²) in [5, 5.41) is 11.6. The number of para-hydroxylation sites is 1. The smallest absolute Gasteiger partial charge is 0.223 e. The van der Waals surface area contributed by atoms with Crippen molar-refractivity contribution in [2.24, 2.45) is 0 Å². The third kappa shape index (κ3) is 1.69. The van der Waals surface area contributed by atoms with Gasteiger partial charge in [0, 0.05) is 12.4 Å². The van der Waals surface area contributed by atoms with Gasteiger partial charge in [0.1, 0.15) is 11.4 Å². The van der Waals surface area contributed by atoms with Gasteiger partial charge in [-0.05, 0) is 6.07 Å². The normalized spacial score (nSPS) is 10.8. The Hall–Kier alpha value is -2.14. The van der Waals surface area contributed by atoms with Crippen molar-refractivity contribution in [2.75, 3.05) is 12.4 Å². The van der Waals surface area contributed by atoms with Crippen LogP contribution < -0.4 is 5.32 Å². The Kier molecular flexibility index (Phi) is 2.60. The summed E-state index contributed by atoms with van der Waals surface area (Å²) in [6.07, 6.45) is 1.57. The van der Waals surface area contributed by atoms with Gasteiger partial charge in [0.2, 0.25) is 5.95 Å². The molecule has 0 fully saturated rings. The van der Waals surface area contributed by atoms with Crippen molar-refractivity contribution < 1.29 is 0 Å². The summed E-state index contributed by atoms with van der Waals surface area (Å²) in [7, 11) is 1.76. The largest absolute Gasteiger partial charge is 0.357 e. The summed E-state index contributed by atoms with van der Waals surface area (Å²) >= 11 is 6.14. The van der Waals surface area contributed by atoms with Crippen LogP contribution in [0.3, 0.4) is 0 Å². The molecule has 18 heavy (non-hydrogen) atoms. The lowest BCUT2D eigenvalue weighted by Crippen LogP contribution is -1.98. The highest BCUT2D eigenvalue weighted by Gasteiger charge is 2.13. The van der Waals surface area contributed by atoms with Crippen molar-refractivity contribution in [3.63, 3.8) is 0 Å². The number of halogens is 1. The fraction of sp³-hybridized carbons (Fsp3) is 0.0833. The fourth-order valence-corrected chi connectivity index (χ4v) is 1.98. The van der Waals surface area contributed by atoms with E-state index in [-0.39, 0.29) is 0 Å². The molecule has 0 atom stereocenters. The lowest BCUT2D eigenvalue weighted by Gasteiger charge is -2.03. The molecule has 0 amide bonds. The highest BCUT2D eigenvalue weighted by molar-refractivity contribution is 6.33. The predicted molar refractivity (Wildman–Crippen MR) is 71.7 cm³/mol. The summed E-state index contributed by atoms with van der Waals surface area (Å²) in [4.78, 5) is 8.40. The second-order valence-electron chi connectivity index (χ2n) is 3.76. The van der Waals surface area contributed by atoms with E-state index in [4.69, 9.17) is 11.6 Å². The second-order valence-corrected chi connectivity index (χ2v) is 4.17. The third-order valence-electron chi connectivity index (χ3n) is 2.66. The molecule has 0 aliphatic rings. The molecule has 90 valence electrons. The van der Waals surface area contributed by atoms with Gasteiger partial charge in [0.25, 0.3) is 0 Å². The number of fused-ring (bicyclic) bond motifs is 1. The summed E-state index contributed by atoms with van der Waals surface area (Å²) in [6.45, 7) is 0. The van der Waals surface area contributed by atoms with Crippen LogP contribution in [-0.4, -0.2) is 27.2 Å². The van der Waals surface area contributed by atoms with Gasteiger partial charge in [0.05, 0.1) is 16.7 Å². The molecule has 2 N–H and O–H groups in total. The molecule has 2 aromatic heterocycles. The lowest BCUT2D eigenvalue weighted by atomic mass is 10.1. The van der Waals surface area contributed by atoms with Gasteiger partial charge in [-0.15, -0.1) is 0 Å². The van der Waals surface area contributed by atoms with Crippen LogP contribution in [-0.2, 0) is 0 Å². The number of nitrogens with one attached hydrogen (secondary N) is 2. The molecule has 0 aliphatic carbocycles. The molecule has 0 aliphatic heterocycles. The molecule has 0 saturated carbocycles. The number of benzene rings is 1. The van der Waals surface area contributed by atoms with E-state index in [0.717, 1.165) is 16.6 Å². The van der Waals surface area contributed by atoms with E-state index >= 15 is 0 Å². The summed E-state index contributed by atoms with van der Waals surface area (Å²) in [5.74, 6) is 0.515. The van der Waals surface area contributed by atoms with Crippen molar-refractivity contribution in [2.45, 2.75) is 0 Å². The highest BCUT2D eigenvalue weighted by atomic mass is 35.5. The van der Waals surface area contributed by atoms with E-state index < -0.39 is 0 Å². The Balaban J connectivity index is 2.25. The quantitative estimate of drug-likeness (QED) is 0.743. The Morgan fingerprint density at radius 3 is 2.89 bits per heavy atom. The van der Waals surface area contributed by atoms with Gasteiger partial charge in [-0.25, -0.2) is 9.97 Å². The second kappa shape index (κ2) is 4.27. The van der Waals surface area contributed by atoms with Gasteiger partial charge in [-0.3, -0.25) is 5.10 Å². The maximum Gasteiger partial charge on any atom is 0.223 e. The molecular weight excluding hydrogens is 250 g/mol. The van der Waals surface area contributed by atoms with Gasteiger partial charge in [-0.1, -0.05) is 29.8 Å². The summed E-state index contributed by atoms with van der Waals surface area (Å²) in [5.41, 5.74) is 2.30. The molecule has 3 aromatic rings. The zero-order valence-corrected chi connectivity index (χ0v) is 10.4. The molecule has 0 unspecified atom stereocenters.